The highest BCUT2D eigenvalue weighted by atomic mass is 19.1. The van der Waals surface area contributed by atoms with E-state index in [2.05, 4.69) is 43.5 Å². The Morgan fingerprint density at radius 2 is 2.07 bits per heavy atom. The predicted molar refractivity (Wildman–Crippen MR) is 121 cm³/mol. The van der Waals surface area contributed by atoms with Gasteiger partial charge in [0.1, 0.15) is 6.67 Å². The van der Waals surface area contributed by atoms with Crippen molar-refractivity contribution >= 4 is 5.57 Å². The first kappa shape index (κ1) is 22.9. The van der Waals surface area contributed by atoms with E-state index in [0.29, 0.717) is 6.42 Å². The third-order valence-corrected chi connectivity index (χ3v) is 5.99. The molecule has 30 heavy (non-hydrogen) atoms. The van der Waals surface area contributed by atoms with Crippen molar-refractivity contribution in [3.63, 3.8) is 0 Å². The Morgan fingerprint density at radius 3 is 2.80 bits per heavy atom. The standard InChI is InChI=1S/C26H35F2NO/c1-19-5-3-6-23-17-21(18-28)7-12-25(23)26(19)22-8-10-24(11-9-22)30-20(2)13-16-29-15-4-14-27/h7-10,12,17,20,24,29H,3-6,11,13-16,18H2,1-2H3. The molecule has 2 atom stereocenters. The lowest BCUT2D eigenvalue weighted by Gasteiger charge is -2.24. The summed E-state index contributed by atoms with van der Waals surface area (Å²) in [4.78, 5) is 0. The molecule has 0 saturated carbocycles. The van der Waals surface area contributed by atoms with Crippen molar-refractivity contribution in [2.75, 3.05) is 19.8 Å². The number of ether oxygens (including phenoxy) is 1. The van der Waals surface area contributed by atoms with Gasteiger partial charge in [0.05, 0.1) is 18.9 Å². The largest absolute Gasteiger partial charge is 0.371 e. The Bertz CT molecular complexity index is 796. The maximum Gasteiger partial charge on any atom is 0.115 e. The lowest BCUT2D eigenvalue weighted by atomic mass is 9.87. The van der Waals surface area contributed by atoms with Crippen molar-refractivity contribution < 1.29 is 13.5 Å². The number of alkyl halides is 2. The van der Waals surface area contributed by atoms with Crippen LogP contribution in [-0.4, -0.2) is 32.0 Å². The van der Waals surface area contributed by atoms with Crippen molar-refractivity contribution in [2.24, 2.45) is 0 Å². The third-order valence-electron chi connectivity index (χ3n) is 5.99. The molecule has 2 unspecified atom stereocenters. The highest BCUT2D eigenvalue weighted by molar-refractivity contribution is 5.86. The first-order valence-corrected chi connectivity index (χ1v) is 11.3. The minimum Gasteiger partial charge on any atom is -0.371 e. The van der Waals surface area contributed by atoms with E-state index in [1.807, 2.05) is 12.1 Å². The van der Waals surface area contributed by atoms with E-state index in [1.54, 1.807) is 0 Å². The molecule has 0 amide bonds. The fraction of sp³-hybridized carbons (Fsp3) is 0.538. The summed E-state index contributed by atoms with van der Waals surface area (Å²) < 4.78 is 31.4. The van der Waals surface area contributed by atoms with Crippen molar-refractivity contribution in [2.45, 2.75) is 71.3 Å². The molecule has 0 bridgehead atoms. The number of benzene rings is 1. The van der Waals surface area contributed by atoms with E-state index in [1.165, 1.54) is 27.8 Å². The van der Waals surface area contributed by atoms with E-state index >= 15 is 0 Å². The van der Waals surface area contributed by atoms with Gasteiger partial charge in [-0.3, -0.25) is 4.39 Å². The Morgan fingerprint density at radius 1 is 1.20 bits per heavy atom. The van der Waals surface area contributed by atoms with Gasteiger partial charge in [0.25, 0.3) is 0 Å². The summed E-state index contributed by atoms with van der Waals surface area (Å²) in [7, 11) is 0. The number of allylic oxidation sites excluding steroid dienone is 4. The summed E-state index contributed by atoms with van der Waals surface area (Å²) in [6.45, 7) is 5.22. The van der Waals surface area contributed by atoms with Crippen LogP contribution in [0.1, 0.15) is 62.6 Å². The van der Waals surface area contributed by atoms with Crippen LogP contribution in [0.15, 0.2) is 47.6 Å². The van der Waals surface area contributed by atoms with E-state index in [0.717, 1.165) is 50.8 Å². The maximum atomic E-state index is 13.1. The average molecular weight is 416 g/mol. The zero-order valence-electron chi connectivity index (χ0n) is 18.4. The van der Waals surface area contributed by atoms with Crippen LogP contribution in [0.4, 0.5) is 8.78 Å². The first-order valence-electron chi connectivity index (χ1n) is 11.3. The van der Waals surface area contributed by atoms with E-state index in [4.69, 9.17) is 4.74 Å². The summed E-state index contributed by atoms with van der Waals surface area (Å²) in [5.41, 5.74) is 7.26. The number of hydrogen-bond acceptors (Lipinski definition) is 2. The lowest BCUT2D eigenvalue weighted by molar-refractivity contribution is 0.0211. The maximum absolute atomic E-state index is 13.1. The molecule has 0 aromatic heterocycles. The van der Waals surface area contributed by atoms with E-state index in [-0.39, 0.29) is 18.9 Å². The molecule has 0 spiro atoms. The highest BCUT2D eigenvalue weighted by Crippen LogP contribution is 2.37. The topological polar surface area (TPSA) is 21.3 Å². The molecular weight excluding hydrogens is 380 g/mol. The molecule has 3 rings (SSSR count). The van der Waals surface area contributed by atoms with Gasteiger partial charge in [0.2, 0.25) is 0 Å². The first-order chi connectivity index (χ1) is 14.6. The second-order valence-electron chi connectivity index (χ2n) is 8.45. The molecule has 1 N–H and O–H groups in total. The van der Waals surface area contributed by atoms with Crippen LogP contribution in [0.5, 0.6) is 0 Å². The van der Waals surface area contributed by atoms with Crippen LogP contribution >= 0.6 is 0 Å². The van der Waals surface area contributed by atoms with Gasteiger partial charge in [-0.15, -0.1) is 0 Å². The van der Waals surface area contributed by atoms with Crippen LogP contribution < -0.4 is 5.32 Å². The number of halogens is 2. The summed E-state index contributed by atoms with van der Waals surface area (Å²) >= 11 is 0. The van der Waals surface area contributed by atoms with Gasteiger partial charge in [-0.25, -0.2) is 4.39 Å². The monoisotopic (exact) mass is 415 g/mol. The number of fused-ring (bicyclic) bond motifs is 1. The number of hydrogen-bond donors (Lipinski definition) is 1. The zero-order chi connectivity index (χ0) is 21.3. The number of rotatable bonds is 10. The molecule has 2 aliphatic carbocycles. The van der Waals surface area contributed by atoms with Gasteiger partial charge in [-0.2, -0.15) is 0 Å². The summed E-state index contributed by atoms with van der Waals surface area (Å²) in [6.07, 6.45) is 12.4. The van der Waals surface area contributed by atoms with Crippen molar-refractivity contribution in [3.8, 4) is 0 Å². The SMILES string of the molecule is CC1=C(C2=CCC(OC(C)CCNCCCF)C=C2)c2ccc(CF)cc2CCC1. The summed E-state index contributed by atoms with van der Waals surface area (Å²) in [5.74, 6) is 0. The van der Waals surface area contributed by atoms with E-state index in [9.17, 15) is 8.78 Å². The smallest absolute Gasteiger partial charge is 0.115 e. The molecule has 2 aliphatic rings. The average Bonchev–Trinajstić information content (AvgIpc) is 2.91. The van der Waals surface area contributed by atoms with Gasteiger partial charge in [0, 0.05) is 0 Å². The molecule has 1 aromatic rings. The molecule has 0 saturated heterocycles. The molecule has 0 aliphatic heterocycles. The minimum atomic E-state index is -0.406. The predicted octanol–water partition coefficient (Wildman–Crippen LogP) is 6.27. The second kappa shape index (κ2) is 11.6. The van der Waals surface area contributed by atoms with Crippen LogP contribution in [0.2, 0.25) is 0 Å². The van der Waals surface area contributed by atoms with Crippen LogP contribution in [-0.2, 0) is 17.8 Å². The Balaban J connectivity index is 1.62. The van der Waals surface area contributed by atoms with Gasteiger partial charge in [0.15, 0.2) is 0 Å². The molecule has 0 heterocycles. The van der Waals surface area contributed by atoms with Gasteiger partial charge < -0.3 is 10.1 Å². The third kappa shape index (κ3) is 6.12. The number of nitrogens with one attached hydrogen (secondary N) is 1. The van der Waals surface area contributed by atoms with Crippen molar-refractivity contribution in [1.82, 2.24) is 5.32 Å². The quantitative estimate of drug-likeness (QED) is 0.455. The van der Waals surface area contributed by atoms with E-state index < -0.39 is 6.67 Å². The van der Waals surface area contributed by atoms with Crippen molar-refractivity contribution in [3.05, 3.63) is 64.3 Å². The summed E-state index contributed by atoms with van der Waals surface area (Å²) in [5, 5.41) is 3.25. The molecule has 2 nitrogen and oxygen atoms in total. The van der Waals surface area contributed by atoms with Crippen molar-refractivity contribution in [1.29, 1.82) is 0 Å². The fourth-order valence-electron chi connectivity index (χ4n) is 4.36. The van der Waals surface area contributed by atoms with Crippen LogP contribution in [0.25, 0.3) is 5.57 Å². The fourth-order valence-corrected chi connectivity index (χ4v) is 4.36. The second-order valence-corrected chi connectivity index (χ2v) is 8.45. The van der Waals surface area contributed by atoms with Crippen LogP contribution in [0, 0.1) is 0 Å². The Hall–Kier alpha value is -1.78. The normalized spacial score (nSPS) is 20.0. The van der Waals surface area contributed by atoms with Gasteiger partial charge >= 0.3 is 0 Å². The molecular formula is C26H35F2NO. The Kier molecular flexibility index (Phi) is 8.83. The minimum absolute atomic E-state index is 0.0923. The Labute approximate surface area is 180 Å². The molecule has 1 aromatic carbocycles. The molecule has 4 heteroatoms. The summed E-state index contributed by atoms with van der Waals surface area (Å²) in [6, 6.07) is 6.06. The lowest BCUT2D eigenvalue weighted by Crippen LogP contribution is -2.25. The van der Waals surface area contributed by atoms with Crippen LogP contribution in [0.3, 0.4) is 0 Å². The van der Waals surface area contributed by atoms with Gasteiger partial charge in [-0.1, -0.05) is 42.0 Å². The molecule has 0 fully saturated rings. The zero-order valence-corrected chi connectivity index (χ0v) is 18.4. The molecule has 164 valence electrons. The molecule has 0 radical (unpaired) electrons. The van der Waals surface area contributed by atoms with Gasteiger partial charge in [-0.05, 0) is 93.3 Å². The highest BCUT2D eigenvalue weighted by Gasteiger charge is 2.20. The number of aryl methyl sites for hydroxylation is 1.